The molecule has 0 aliphatic heterocycles. The van der Waals surface area contributed by atoms with Gasteiger partial charge >= 0.3 is 0 Å². The van der Waals surface area contributed by atoms with Gasteiger partial charge in [-0.1, -0.05) is 0 Å². The van der Waals surface area contributed by atoms with E-state index in [4.69, 9.17) is 5.73 Å². The van der Waals surface area contributed by atoms with Gasteiger partial charge in [0.25, 0.3) is 0 Å². The second-order valence-electron chi connectivity index (χ2n) is 3.44. The highest BCUT2D eigenvalue weighted by molar-refractivity contribution is 7.92. The average molecular weight is 222 g/mol. The minimum Gasteiger partial charge on any atom is -0.345 e. The average Bonchev–Trinajstić information content (AvgIpc) is 1.99. The molecule has 0 spiro atoms. The highest BCUT2D eigenvalue weighted by Crippen LogP contribution is 1.96. The van der Waals surface area contributed by atoms with Crippen molar-refractivity contribution in [2.24, 2.45) is 5.73 Å². The second kappa shape index (κ2) is 5.31. The predicted octanol–water partition coefficient (Wildman–Crippen LogP) is -0.773. The normalized spacial score (nSPS) is 13.7. The van der Waals surface area contributed by atoms with Crippen LogP contribution in [0.1, 0.15) is 13.8 Å². The first-order valence-electron chi connectivity index (χ1n) is 4.48. The molecule has 6 heteroatoms. The van der Waals surface area contributed by atoms with Crippen molar-refractivity contribution in [3.63, 3.8) is 0 Å². The molecule has 2 N–H and O–H groups in total. The number of carbonyl (C=O) groups excluding carboxylic acids is 1. The van der Waals surface area contributed by atoms with E-state index in [1.807, 2.05) is 0 Å². The van der Waals surface area contributed by atoms with E-state index in [0.717, 1.165) is 0 Å². The van der Waals surface area contributed by atoms with Gasteiger partial charge in [0, 0.05) is 19.6 Å². The minimum absolute atomic E-state index is 0.143. The van der Waals surface area contributed by atoms with Crippen molar-refractivity contribution < 1.29 is 13.2 Å². The predicted molar refractivity (Wildman–Crippen MR) is 55.6 cm³/mol. The fourth-order valence-electron chi connectivity index (χ4n) is 0.934. The van der Waals surface area contributed by atoms with Crippen LogP contribution < -0.4 is 5.73 Å². The lowest BCUT2D eigenvalue weighted by Gasteiger charge is -2.14. The molecule has 0 saturated heterocycles. The summed E-state index contributed by atoms with van der Waals surface area (Å²) in [6.45, 7) is 3.90. The smallest absolute Gasteiger partial charge is 0.237 e. The first-order chi connectivity index (χ1) is 6.28. The van der Waals surface area contributed by atoms with Crippen LogP contribution in [0.5, 0.6) is 0 Å². The third-order valence-corrected chi connectivity index (χ3v) is 3.48. The number of sulfone groups is 1. The molecule has 0 aromatic heterocycles. The van der Waals surface area contributed by atoms with Crippen molar-refractivity contribution >= 4 is 15.7 Å². The van der Waals surface area contributed by atoms with Gasteiger partial charge in [0.2, 0.25) is 5.91 Å². The maximum absolute atomic E-state index is 11.3. The monoisotopic (exact) mass is 222 g/mol. The van der Waals surface area contributed by atoms with Crippen molar-refractivity contribution in [2.45, 2.75) is 19.9 Å². The van der Waals surface area contributed by atoms with Crippen molar-refractivity contribution in [3.8, 4) is 0 Å². The third-order valence-electron chi connectivity index (χ3n) is 1.76. The third kappa shape index (κ3) is 5.18. The molecule has 0 aliphatic carbocycles. The standard InChI is InChI=1S/C8H18N2O3S/c1-4-10(3)8(11)6-14(12,13)5-7(2)9/h7H,4-6,9H2,1-3H3. The molecule has 0 heterocycles. The van der Waals surface area contributed by atoms with Crippen LogP contribution in [0.15, 0.2) is 0 Å². The van der Waals surface area contributed by atoms with Gasteiger partial charge in [0.15, 0.2) is 9.84 Å². The summed E-state index contributed by atoms with van der Waals surface area (Å²) in [4.78, 5) is 12.7. The molecule has 0 radical (unpaired) electrons. The molecule has 0 aromatic rings. The second-order valence-corrected chi connectivity index (χ2v) is 5.55. The van der Waals surface area contributed by atoms with Gasteiger partial charge in [-0.05, 0) is 13.8 Å². The van der Waals surface area contributed by atoms with Gasteiger partial charge in [-0.25, -0.2) is 8.42 Å². The number of amides is 1. The maximum Gasteiger partial charge on any atom is 0.237 e. The van der Waals surface area contributed by atoms with Crippen LogP contribution in [0, 0.1) is 0 Å². The zero-order chi connectivity index (χ0) is 11.4. The van der Waals surface area contributed by atoms with Crippen molar-refractivity contribution in [1.29, 1.82) is 0 Å². The SMILES string of the molecule is CCN(C)C(=O)CS(=O)(=O)CC(C)N. The molecule has 14 heavy (non-hydrogen) atoms. The number of rotatable bonds is 5. The van der Waals surface area contributed by atoms with E-state index >= 15 is 0 Å². The minimum atomic E-state index is -3.35. The number of hydrogen-bond donors (Lipinski definition) is 1. The van der Waals surface area contributed by atoms with Crippen molar-refractivity contribution in [3.05, 3.63) is 0 Å². The molecule has 5 nitrogen and oxygen atoms in total. The van der Waals surface area contributed by atoms with E-state index in [0.29, 0.717) is 6.54 Å². The molecule has 0 rings (SSSR count). The maximum atomic E-state index is 11.3. The number of hydrogen-bond acceptors (Lipinski definition) is 4. The van der Waals surface area contributed by atoms with Gasteiger partial charge in [0.1, 0.15) is 5.75 Å². The van der Waals surface area contributed by atoms with Gasteiger partial charge in [-0.2, -0.15) is 0 Å². The summed E-state index contributed by atoms with van der Waals surface area (Å²) in [6.07, 6.45) is 0. The number of nitrogens with two attached hydrogens (primary N) is 1. The van der Waals surface area contributed by atoms with E-state index < -0.39 is 21.6 Å². The molecule has 1 unspecified atom stereocenters. The highest BCUT2D eigenvalue weighted by Gasteiger charge is 2.20. The Balaban J connectivity index is 4.30. The summed E-state index contributed by atoms with van der Waals surface area (Å²) in [7, 11) is -1.78. The van der Waals surface area contributed by atoms with E-state index in [1.165, 1.54) is 4.90 Å². The van der Waals surface area contributed by atoms with Crippen LogP contribution in [0.3, 0.4) is 0 Å². The van der Waals surface area contributed by atoms with Crippen LogP contribution >= 0.6 is 0 Å². The van der Waals surface area contributed by atoms with Crippen LogP contribution in [-0.2, 0) is 14.6 Å². The lowest BCUT2D eigenvalue weighted by molar-refractivity contribution is -0.126. The molecule has 0 bridgehead atoms. The van der Waals surface area contributed by atoms with E-state index in [9.17, 15) is 13.2 Å². The number of carbonyl (C=O) groups is 1. The van der Waals surface area contributed by atoms with E-state index in [1.54, 1.807) is 20.9 Å². The van der Waals surface area contributed by atoms with Crippen molar-refractivity contribution in [2.75, 3.05) is 25.1 Å². The Morgan fingerprint density at radius 3 is 2.36 bits per heavy atom. The molecular weight excluding hydrogens is 204 g/mol. The van der Waals surface area contributed by atoms with Crippen LogP contribution in [0.4, 0.5) is 0 Å². The quantitative estimate of drug-likeness (QED) is 0.662. The Morgan fingerprint density at radius 2 is 2.00 bits per heavy atom. The Hall–Kier alpha value is -0.620. The number of nitrogens with zero attached hydrogens (tertiary/aromatic N) is 1. The van der Waals surface area contributed by atoms with Crippen LogP contribution in [0.2, 0.25) is 0 Å². The summed E-state index contributed by atoms with van der Waals surface area (Å²) in [5.41, 5.74) is 5.36. The molecule has 0 aromatic carbocycles. The summed E-state index contributed by atoms with van der Waals surface area (Å²) in [6, 6.07) is -0.431. The molecule has 0 fully saturated rings. The first-order valence-corrected chi connectivity index (χ1v) is 6.30. The molecule has 1 atom stereocenters. The fraction of sp³-hybridized carbons (Fsp3) is 0.875. The first kappa shape index (κ1) is 13.4. The van der Waals surface area contributed by atoms with Gasteiger partial charge in [-0.15, -0.1) is 0 Å². The van der Waals surface area contributed by atoms with Crippen LogP contribution in [0.25, 0.3) is 0 Å². The zero-order valence-electron chi connectivity index (χ0n) is 8.86. The molecule has 84 valence electrons. The largest absolute Gasteiger partial charge is 0.345 e. The lowest BCUT2D eigenvalue weighted by Crippen LogP contribution is -2.36. The summed E-state index contributed by atoms with van der Waals surface area (Å²) < 4.78 is 22.7. The van der Waals surface area contributed by atoms with E-state index in [-0.39, 0.29) is 11.7 Å². The Kier molecular flexibility index (Phi) is 5.07. The summed E-state index contributed by atoms with van der Waals surface area (Å²) >= 11 is 0. The topological polar surface area (TPSA) is 80.5 Å². The fourth-order valence-corrected chi connectivity index (χ4v) is 2.45. The summed E-state index contributed by atoms with van der Waals surface area (Å²) in [5.74, 6) is -0.969. The van der Waals surface area contributed by atoms with Crippen LogP contribution in [-0.4, -0.2) is 50.4 Å². The molecule has 0 saturated carbocycles. The Morgan fingerprint density at radius 1 is 1.50 bits per heavy atom. The Labute approximate surface area is 85.2 Å². The lowest BCUT2D eigenvalue weighted by atomic mass is 10.4. The highest BCUT2D eigenvalue weighted by atomic mass is 32.2. The molecule has 0 aliphatic rings. The molecule has 1 amide bonds. The van der Waals surface area contributed by atoms with E-state index in [2.05, 4.69) is 0 Å². The van der Waals surface area contributed by atoms with Gasteiger partial charge in [0.05, 0.1) is 5.75 Å². The van der Waals surface area contributed by atoms with Crippen molar-refractivity contribution in [1.82, 2.24) is 4.90 Å². The van der Waals surface area contributed by atoms with Gasteiger partial charge < -0.3 is 10.6 Å². The van der Waals surface area contributed by atoms with Gasteiger partial charge in [-0.3, -0.25) is 4.79 Å². The molecular formula is C8H18N2O3S. The Bertz CT molecular complexity index is 285. The zero-order valence-corrected chi connectivity index (χ0v) is 9.67. The summed E-state index contributed by atoms with van der Waals surface area (Å²) in [5, 5.41) is 0.